The van der Waals surface area contributed by atoms with Gasteiger partial charge in [0, 0.05) is 0 Å². The molecule has 3 heterocycles. The van der Waals surface area contributed by atoms with Gasteiger partial charge in [-0.05, 0) is 49.7 Å². The summed E-state index contributed by atoms with van der Waals surface area (Å²) in [4.78, 5) is 9.76. The lowest BCUT2D eigenvalue weighted by atomic mass is 10.3. The Morgan fingerprint density at radius 2 is 2.11 bits per heavy atom. The fourth-order valence-electron chi connectivity index (χ4n) is 2.27. The van der Waals surface area contributed by atoms with Crippen LogP contribution in [-0.4, -0.2) is 28.0 Å². The zero-order valence-electron chi connectivity index (χ0n) is 10.3. The monoisotopic (exact) mass is 281 g/mol. The van der Waals surface area contributed by atoms with Crippen LogP contribution in [0.25, 0.3) is 11.5 Å². The highest BCUT2D eigenvalue weighted by atomic mass is 35.5. The average Bonchev–Trinajstić information content (AvgIpc) is 3.04. The highest BCUT2D eigenvalue weighted by Gasteiger charge is 2.16. The van der Waals surface area contributed by atoms with Crippen LogP contribution < -0.4 is 0 Å². The second-order valence-electron chi connectivity index (χ2n) is 4.58. The first-order chi connectivity index (χ1) is 9.22. The molecule has 19 heavy (non-hydrogen) atoms. The molecule has 0 spiro atoms. The van der Waals surface area contributed by atoms with Crippen molar-refractivity contribution in [3.05, 3.63) is 35.2 Å². The van der Waals surface area contributed by atoms with Gasteiger partial charge in [0.1, 0.15) is 11.5 Å². The molecular weight excluding hydrogens is 269 g/mol. The summed E-state index contributed by atoms with van der Waals surface area (Å²) in [6.45, 7) is 2.92. The summed E-state index contributed by atoms with van der Waals surface area (Å²) < 4.78 is 19.3. The minimum absolute atomic E-state index is 0.00823. The largest absolute Gasteiger partial charge is 0.458 e. The van der Waals surface area contributed by atoms with Crippen LogP contribution in [0.15, 0.2) is 22.7 Å². The van der Waals surface area contributed by atoms with E-state index in [1.54, 1.807) is 6.07 Å². The minimum atomic E-state index is -0.536. The van der Waals surface area contributed by atoms with Crippen LogP contribution in [0.3, 0.4) is 0 Å². The summed E-state index contributed by atoms with van der Waals surface area (Å²) >= 11 is 5.67. The van der Waals surface area contributed by atoms with Gasteiger partial charge < -0.3 is 4.42 Å². The topological polar surface area (TPSA) is 42.2 Å². The fraction of sp³-hybridized carbons (Fsp3) is 0.385. The van der Waals surface area contributed by atoms with E-state index in [0.717, 1.165) is 31.6 Å². The molecule has 2 aromatic rings. The van der Waals surface area contributed by atoms with Gasteiger partial charge in [-0.2, -0.15) is 0 Å². The van der Waals surface area contributed by atoms with Gasteiger partial charge in [0.05, 0.1) is 12.7 Å². The molecule has 0 bridgehead atoms. The Labute approximate surface area is 115 Å². The molecule has 1 fully saturated rings. The number of nitrogens with zero attached hydrogens (tertiary/aromatic N) is 3. The number of rotatable bonds is 3. The van der Waals surface area contributed by atoms with E-state index < -0.39 is 5.82 Å². The third-order valence-electron chi connectivity index (χ3n) is 3.19. The Balaban J connectivity index is 1.82. The molecule has 0 saturated carbocycles. The summed E-state index contributed by atoms with van der Waals surface area (Å²) in [5.41, 5.74) is 0.104. The number of hydrogen-bond acceptors (Lipinski definition) is 4. The minimum Gasteiger partial charge on any atom is -0.458 e. The molecule has 1 aliphatic heterocycles. The fourth-order valence-corrected chi connectivity index (χ4v) is 2.40. The molecule has 6 heteroatoms. The molecule has 0 radical (unpaired) electrons. The first kappa shape index (κ1) is 12.6. The van der Waals surface area contributed by atoms with Crippen LogP contribution >= 0.6 is 11.6 Å². The predicted molar refractivity (Wildman–Crippen MR) is 69.2 cm³/mol. The number of aromatic nitrogens is 2. The zero-order valence-corrected chi connectivity index (χ0v) is 11.0. The van der Waals surface area contributed by atoms with Gasteiger partial charge in [-0.15, -0.1) is 0 Å². The van der Waals surface area contributed by atoms with Gasteiger partial charge >= 0.3 is 0 Å². The van der Waals surface area contributed by atoms with Gasteiger partial charge in [-0.1, -0.05) is 0 Å². The summed E-state index contributed by atoms with van der Waals surface area (Å²) in [5.74, 6) is 0.661. The lowest BCUT2D eigenvalue weighted by Crippen LogP contribution is -2.17. The second-order valence-corrected chi connectivity index (χ2v) is 4.92. The van der Waals surface area contributed by atoms with Crippen molar-refractivity contribution in [1.82, 2.24) is 14.9 Å². The molecule has 2 aromatic heterocycles. The van der Waals surface area contributed by atoms with Crippen LogP contribution in [0.1, 0.15) is 18.6 Å². The number of halogens is 2. The van der Waals surface area contributed by atoms with Crippen LogP contribution in [-0.2, 0) is 6.54 Å². The highest BCUT2D eigenvalue weighted by molar-refractivity contribution is 6.28. The SMILES string of the molecule is Fc1cnc(Cl)nc1-c1ccc(CN2CCCC2)o1. The molecule has 1 aliphatic rings. The maximum atomic E-state index is 13.6. The van der Waals surface area contributed by atoms with E-state index in [0.29, 0.717) is 5.76 Å². The van der Waals surface area contributed by atoms with Crippen LogP contribution in [0, 0.1) is 5.82 Å². The molecule has 0 atom stereocenters. The molecule has 100 valence electrons. The molecule has 4 nitrogen and oxygen atoms in total. The Kier molecular flexibility index (Phi) is 3.48. The lowest BCUT2D eigenvalue weighted by Gasteiger charge is -2.11. The predicted octanol–water partition coefficient (Wildman–Crippen LogP) is 3.12. The Bertz CT molecular complexity index is 581. The molecule has 0 amide bonds. The third-order valence-corrected chi connectivity index (χ3v) is 3.37. The van der Waals surface area contributed by atoms with E-state index in [1.165, 1.54) is 12.8 Å². The van der Waals surface area contributed by atoms with Crippen molar-refractivity contribution in [2.24, 2.45) is 0 Å². The van der Waals surface area contributed by atoms with Gasteiger partial charge in [0.25, 0.3) is 0 Å². The van der Waals surface area contributed by atoms with E-state index >= 15 is 0 Å². The number of hydrogen-bond donors (Lipinski definition) is 0. The van der Waals surface area contributed by atoms with Gasteiger partial charge in [-0.3, -0.25) is 4.90 Å². The zero-order chi connectivity index (χ0) is 13.2. The van der Waals surface area contributed by atoms with Crippen molar-refractivity contribution in [3.63, 3.8) is 0 Å². The smallest absolute Gasteiger partial charge is 0.223 e. The average molecular weight is 282 g/mol. The van der Waals surface area contributed by atoms with E-state index in [-0.39, 0.29) is 11.0 Å². The third kappa shape index (κ3) is 2.77. The molecule has 1 saturated heterocycles. The Morgan fingerprint density at radius 3 is 2.89 bits per heavy atom. The van der Waals surface area contributed by atoms with Gasteiger partial charge in [-0.25, -0.2) is 14.4 Å². The van der Waals surface area contributed by atoms with Crippen LogP contribution in [0.2, 0.25) is 5.28 Å². The van der Waals surface area contributed by atoms with Crippen LogP contribution in [0.4, 0.5) is 4.39 Å². The number of likely N-dealkylation sites (tertiary alicyclic amines) is 1. The first-order valence-electron chi connectivity index (χ1n) is 6.22. The summed E-state index contributed by atoms with van der Waals surface area (Å²) in [6.07, 6.45) is 3.50. The molecule has 0 unspecified atom stereocenters. The maximum absolute atomic E-state index is 13.6. The van der Waals surface area contributed by atoms with E-state index in [2.05, 4.69) is 14.9 Å². The van der Waals surface area contributed by atoms with Gasteiger partial charge in [0.15, 0.2) is 11.6 Å². The van der Waals surface area contributed by atoms with Crippen molar-refractivity contribution >= 4 is 11.6 Å². The molecule has 0 aliphatic carbocycles. The van der Waals surface area contributed by atoms with Crippen molar-refractivity contribution in [1.29, 1.82) is 0 Å². The van der Waals surface area contributed by atoms with Crippen molar-refractivity contribution in [2.75, 3.05) is 13.1 Å². The number of furan rings is 1. The van der Waals surface area contributed by atoms with Crippen molar-refractivity contribution in [2.45, 2.75) is 19.4 Å². The standard InChI is InChI=1S/C13H13ClFN3O/c14-13-16-7-10(15)12(17-13)11-4-3-9(19-11)8-18-5-1-2-6-18/h3-4,7H,1-2,5-6,8H2. The van der Waals surface area contributed by atoms with Crippen molar-refractivity contribution < 1.29 is 8.81 Å². The quantitative estimate of drug-likeness (QED) is 0.811. The summed E-state index contributed by atoms with van der Waals surface area (Å²) in [7, 11) is 0. The van der Waals surface area contributed by atoms with Crippen LogP contribution in [0.5, 0.6) is 0 Å². The van der Waals surface area contributed by atoms with E-state index in [4.69, 9.17) is 16.0 Å². The molecule has 0 aromatic carbocycles. The first-order valence-corrected chi connectivity index (χ1v) is 6.59. The normalized spacial score (nSPS) is 16.1. The summed E-state index contributed by atoms with van der Waals surface area (Å²) in [5, 5.41) is 0.00823. The lowest BCUT2D eigenvalue weighted by molar-refractivity contribution is 0.299. The Hall–Kier alpha value is -1.46. The Morgan fingerprint density at radius 1 is 1.32 bits per heavy atom. The maximum Gasteiger partial charge on any atom is 0.223 e. The van der Waals surface area contributed by atoms with Gasteiger partial charge in [0.2, 0.25) is 5.28 Å². The molecule has 3 rings (SSSR count). The van der Waals surface area contributed by atoms with E-state index in [9.17, 15) is 4.39 Å². The van der Waals surface area contributed by atoms with Crippen molar-refractivity contribution in [3.8, 4) is 11.5 Å². The van der Waals surface area contributed by atoms with E-state index in [1.807, 2.05) is 6.07 Å². The molecular formula is C13H13ClFN3O. The molecule has 0 N–H and O–H groups in total. The second kappa shape index (κ2) is 5.27. The summed E-state index contributed by atoms with van der Waals surface area (Å²) in [6, 6.07) is 3.57. The highest BCUT2D eigenvalue weighted by Crippen LogP contribution is 2.25.